The second kappa shape index (κ2) is 12.3. The first-order valence-corrected chi connectivity index (χ1v) is 15.7. The summed E-state index contributed by atoms with van der Waals surface area (Å²) >= 11 is 1.45. The molecule has 0 aliphatic carbocycles. The zero-order chi connectivity index (χ0) is 27.2. The van der Waals surface area contributed by atoms with Gasteiger partial charge in [0.25, 0.3) is 5.91 Å². The first kappa shape index (κ1) is 27.3. The van der Waals surface area contributed by atoms with E-state index < -0.39 is 9.84 Å². The van der Waals surface area contributed by atoms with Crippen molar-refractivity contribution in [3.05, 3.63) is 89.1 Å². The summed E-state index contributed by atoms with van der Waals surface area (Å²) in [6.07, 6.45) is 0. The predicted octanol–water partition coefficient (Wildman–Crippen LogP) is 5.60. The van der Waals surface area contributed by atoms with Gasteiger partial charge in [0.05, 0.1) is 28.7 Å². The van der Waals surface area contributed by atoms with Crippen molar-refractivity contribution in [2.75, 3.05) is 45.1 Å². The van der Waals surface area contributed by atoms with Crippen LogP contribution in [0.1, 0.15) is 16.6 Å². The summed E-state index contributed by atoms with van der Waals surface area (Å²) in [7, 11) is -3.31. The topological polar surface area (TPSA) is 75.7 Å². The van der Waals surface area contributed by atoms with E-state index >= 15 is 0 Å². The van der Waals surface area contributed by atoms with Crippen LogP contribution in [0.4, 0.5) is 0 Å². The highest BCUT2D eigenvalue weighted by molar-refractivity contribution is 7.91. The molecular weight excluding hydrogens is 528 g/mol. The molecule has 1 amide bonds. The van der Waals surface area contributed by atoms with Crippen molar-refractivity contribution in [1.29, 1.82) is 0 Å². The van der Waals surface area contributed by atoms with Crippen LogP contribution in [0.25, 0.3) is 33.4 Å². The normalized spacial score (nSPS) is 14.3. The van der Waals surface area contributed by atoms with Gasteiger partial charge in [0.1, 0.15) is 0 Å². The number of hydrogen-bond donors (Lipinski definition) is 1. The quantitative estimate of drug-likeness (QED) is 0.288. The average molecular weight is 561 g/mol. The third-order valence-corrected chi connectivity index (χ3v) is 9.71. The van der Waals surface area contributed by atoms with Crippen LogP contribution in [0.15, 0.2) is 89.1 Å². The number of nitrogens with zero attached hydrogens (tertiary/aromatic N) is 1. The summed E-state index contributed by atoms with van der Waals surface area (Å²) in [6, 6.07) is 25.3. The van der Waals surface area contributed by atoms with Crippen LogP contribution in [0.3, 0.4) is 0 Å². The molecule has 39 heavy (non-hydrogen) atoms. The van der Waals surface area contributed by atoms with Crippen molar-refractivity contribution in [3.63, 3.8) is 0 Å². The fourth-order valence-electron chi connectivity index (χ4n) is 4.68. The van der Waals surface area contributed by atoms with Gasteiger partial charge >= 0.3 is 0 Å². The van der Waals surface area contributed by atoms with E-state index in [1.807, 2.05) is 47.8 Å². The number of benzene rings is 3. The summed E-state index contributed by atoms with van der Waals surface area (Å²) in [4.78, 5) is 16.0. The van der Waals surface area contributed by atoms with E-state index in [1.165, 1.54) is 11.3 Å². The molecule has 8 heteroatoms. The minimum Gasteiger partial charge on any atom is -0.379 e. The van der Waals surface area contributed by atoms with Gasteiger partial charge in [0.15, 0.2) is 9.84 Å². The van der Waals surface area contributed by atoms with E-state index in [4.69, 9.17) is 4.74 Å². The van der Waals surface area contributed by atoms with E-state index in [2.05, 4.69) is 34.5 Å². The molecule has 2 heterocycles. The standard InChI is InChI=1S/C31H32N2O4S2/c1-2-39(35,36)30-6-4-3-5-28(30)26-13-11-24(12-14-26)23-7-9-25(10-8-23)27-21-29(38-22-27)31(34)32-15-16-33-17-19-37-20-18-33/h3-14,21-22H,2,15-20H2,1H3,(H,32,34). The number of morpholine rings is 1. The molecule has 1 aliphatic heterocycles. The number of amides is 1. The molecule has 6 nitrogen and oxygen atoms in total. The molecule has 3 aromatic carbocycles. The third kappa shape index (κ3) is 6.47. The maximum Gasteiger partial charge on any atom is 0.261 e. The lowest BCUT2D eigenvalue weighted by Crippen LogP contribution is -2.41. The molecule has 1 N–H and O–H groups in total. The summed E-state index contributed by atoms with van der Waals surface area (Å²) in [5, 5.41) is 5.04. The number of sulfone groups is 1. The van der Waals surface area contributed by atoms with Crippen molar-refractivity contribution >= 4 is 27.1 Å². The van der Waals surface area contributed by atoms with Gasteiger partial charge in [-0.05, 0) is 45.3 Å². The van der Waals surface area contributed by atoms with Crippen LogP contribution < -0.4 is 5.32 Å². The Morgan fingerprint density at radius 2 is 1.46 bits per heavy atom. The Morgan fingerprint density at radius 3 is 2.10 bits per heavy atom. The summed E-state index contributed by atoms with van der Waals surface area (Å²) in [5.41, 5.74) is 5.78. The molecule has 202 valence electrons. The number of carbonyl (C=O) groups is 1. The van der Waals surface area contributed by atoms with Crippen molar-refractivity contribution < 1.29 is 17.9 Å². The Balaban J connectivity index is 1.24. The maximum absolute atomic E-state index is 12.6. The summed E-state index contributed by atoms with van der Waals surface area (Å²) < 4.78 is 30.5. The molecule has 0 unspecified atom stereocenters. The lowest BCUT2D eigenvalue weighted by Gasteiger charge is -2.26. The van der Waals surface area contributed by atoms with Crippen LogP contribution in [0.5, 0.6) is 0 Å². The Labute approximate surface area is 234 Å². The average Bonchev–Trinajstić information content (AvgIpc) is 3.49. The minimum atomic E-state index is -3.31. The molecule has 1 fully saturated rings. The van der Waals surface area contributed by atoms with E-state index in [9.17, 15) is 13.2 Å². The van der Waals surface area contributed by atoms with Crippen molar-refractivity contribution in [1.82, 2.24) is 10.2 Å². The predicted molar refractivity (Wildman–Crippen MR) is 158 cm³/mol. The van der Waals surface area contributed by atoms with Crippen LogP contribution in [-0.4, -0.2) is 64.4 Å². The fraction of sp³-hybridized carbons (Fsp3) is 0.258. The molecule has 0 spiro atoms. The Kier molecular flexibility index (Phi) is 8.57. The van der Waals surface area contributed by atoms with Gasteiger partial charge in [-0.2, -0.15) is 0 Å². The van der Waals surface area contributed by atoms with Crippen molar-refractivity contribution in [3.8, 4) is 33.4 Å². The first-order chi connectivity index (χ1) is 18.9. The Morgan fingerprint density at radius 1 is 0.872 bits per heavy atom. The Bertz CT molecular complexity index is 1520. The molecule has 0 atom stereocenters. The molecule has 1 aliphatic rings. The van der Waals surface area contributed by atoms with Gasteiger partial charge in [-0.25, -0.2) is 8.42 Å². The zero-order valence-electron chi connectivity index (χ0n) is 21.9. The number of thiophene rings is 1. The van der Waals surface area contributed by atoms with E-state index in [0.717, 1.165) is 66.2 Å². The molecule has 0 radical (unpaired) electrons. The summed E-state index contributed by atoms with van der Waals surface area (Å²) in [6.45, 7) is 6.46. The SMILES string of the molecule is CCS(=O)(=O)c1ccccc1-c1ccc(-c2ccc(-c3csc(C(=O)NCCN4CCOCC4)c3)cc2)cc1. The van der Waals surface area contributed by atoms with Crippen molar-refractivity contribution in [2.24, 2.45) is 0 Å². The van der Waals surface area contributed by atoms with Gasteiger partial charge < -0.3 is 10.1 Å². The van der Waals surface area contributed by atoms with Gasteiger partial charge in [-0.3, -0.25) is 9.69 Å². The maximum atomic E-state index is 12.6. The Hall–Kier alpha value is -3.30. The van der Waals surface area contributed by atoms with Gasteiger partial charge in [-0.15, -0.1) is 11.3 Å². The smallest absolute Gasteiger partial charge is 0.261 e. The third-order valence-electron chi connectivity index (χ3n) is 6.99. The first-order valence-electron chi connectivity index (χ1n) is 13.1. The summed E-state index contributed by atoms with van der Waals surface area (Å²) in [5.74, 6) is 0.0316. The highest BCUT2D eigenvalue weighted by atomic mass is 32.2. The van der Waals surface area contributed by atoms with Crippen LogP contribution in [0, 0.1) is 0 Å². The molecule has 5 rings (SSSR count). The molecule has 1 saturated heterocycles. The highest BCUT2D eigenvalue weighted by Gasteiger charge is 2.17. The van der Waals surface area contributed by atoms with Crippen LogP contribution in [-0.2, 0) is 14.6 Å². The minimum absolute atomic E-state index is 0.0375. The van der Waals surface area contributed by atoms with Gasteiger partial charge in [0.2, 0.25) is 0 Å². The van der Waals surface area contributed by atoms with E-state index in [-0.39, 0.29) is 11.7 Å². The van der Waals surface area contributed by atoms with Gasteiger partial charge in [0, 0.05) is 31.7 Å². The number of nitrogens with one attached hydrogen (secondary N) is 1. The van der Waals surface area contributed by atoms with E-state index in [1.54, 1.807) is 19.1 Å². The molecule has 0 bridgehead atoms. The van der Waals surface area contributed by atoms with Crippen molar-refractivity contribution in [2.45, 2.75) is 11.8 Å². The number of ether oxygens (including phenoxy) is 1. The fourth-order valence-corrected chi connectivity index (χ4v) is 6.63. The van der Waals surface area contributed by atoms with Crippen LogP contribution in [0.2, 0.25) is 0 Å². The monoisotopic (exact) mass is 560 g/mol. The number of carbonyl (C=O) groups excluding carboxylic acids is 1. The largest absolute Gasteiger partial charge is 0.379 e. The number of hydrogen-bond acceptors (Lipinski definition) is 6. The molecular formula is C31H32N2O4S2. The zero-order valence-corrected chi connectivity index (χ0v) is 23.6. The molecule has 4 aromatic rings. The molecule has 1 aromatic heterocycles. The second-order valence-electron chi connectivity index (χ2n) is 9.46. The van der Waals surface area contributed by atoms with Gasteiger partial charge in [-0.1, -0.05) is 73.7 Å². The second-order valence-corrected chi connectivity index (χ2v) is 12.6. The molecule has 0 saturated carbocycles. The van der Waals surface area contributed by atoms with Crippen LogP contribution >= 0.6 is 11.3 Å². The lowest BCUT2D eigenvalue weighted by atomic mass is 9.98. The highest BCUT2D eigenvalue weighted by Crippen LogP contribution is 2.32. The van der Waals surface area contributed by atoms with E-state index in [0.29, 0.717) is 16.3 Å². The lowest BCUT2D eigenvalue weighted by molar-refractivity contribution is 0.0383. The number of rotatable bonds is 9.